The minimum Gasteiger partial charge on any atom is -0.422 e. The first kappa shape index (κ1) is 12.8. The standard InChI is InChI=1S/C16H10BrNO2/c17-15-13-7-4-8-14(12(13)9-10-18-15)20-16(19)11-5-2-1-3-6-11/h1-10H. The molecule has 0 bridgehead atoms. The molecule has 2 aromatic carbocycles. The third-order valence-electron chi connectivity index (χ3n) is 2.93. The first-order valence-corrected chi connectivity index (χ1v) is 6.85. The zero-order valence-electron chi connectivity index (χ0n) is 10.4. The minimum atomic E-state index is -0.369. The molecule has 1 heterocycles. The maximum atomic E-state index is 12.1. The van der Waals surface area contributed by atoms with Gasteiger partial charge in [-0.15, -0.1) is 0 Å². The van der Waals surface area contributed by atoms with Gasteiger partial charge in [-0.1, -0.05) is 30.3 Å². The van der Waals surface area contributed by atoms with Crippen molar-refractivity contribution in [2.45, 2.75) is 0 Å². The van der Waals surface area contributed by atoms with Crippen LogP contribution in [0.1, 0.15) is 10.4 Å². The predicted octanol–water partition coefficient (Wildman–Crippen LogP) is 4.22. The van der Waals surface area contributed by atoms with Gasteiger partial charge in [-0.25, -0.2) is 9.78 Å². The van der Waals surface area contributed by atoms with Crippen molar-refractivity contribution < 1.29 is 9.53 Å². The fourth-order valence-corrected chi connectivity index (χ4v) is 2.43. The van der Waals surface area contributed by atoms with Crippen LogP contribution in [0.3, 0.4) is 0 Å². The fourth-order valence-electron chi connectivity index (χ4n) is 1.96. The fraction of sp³-hybridized carbons (Fsp3) is 0. The Hall–Kier alpha value is -2.20. The molecule has 0 aliphatic carbocycles. The van der Waals surface area contributed by atoms with Gasteiger partial charge in [-0.3, -0.25) is 0 Å². The van der Waals surface area contributed by atoms with E-state index in [4.69, 9.17) is 4.74 Å². The summed E-state index contributed by atoms with van der Waals surface area (Å²) in [4.78, 5) is 16.3. The van der Waals surface area contributed by atoms with Gasteiger partial charge in [0.1, 0.15) is 10.4 Å². The Balaban J connectivity index is 2.00. The molecule has 0 saturated heterocycles. The van der Waals surface area contributed by atoms with Crippen LogP contribution in [0.4, 0.5) is 0 Å². The van der Waals surface area contributed by atoms with Gasteiger partial charge >= 0.3 is 5.97 Å². The second-order valence-electron chi connectivity index (χ2n) is 4.21. The van der Waals surface area contributed by atoms with Gasteiger partial charge < -0.3 is 4.74 Å². The van der Waals surface area contributed by atoms with Crippen molar-refractivity contribution in [3.63, 3.8) is 0 Å². The van der Waals surface area contributed by atoms with Gasteiger partial charge in [0, 0.05) is 17.0 Å². The molecule has 0 radical (unpaired) electrons. The van der Waals surface area contributed by atoms with Crippen LogP contribution in [-0.2, 0) is 0 Å². The summed E-state index contributed by atoms with van der Waals surface area (Å²) in [6, 6.07) is 16.3. The normalized spacial score (nSPS) is 10.4. The van der Waals surface area contributed by atoms with E-state index in [0.717, 1.165) is 15.4 Å². The highest BCUT2D eigenvalue weighted by Gasteiger charge is 2.11. The molecule has 4 heteroatoms. The first-order chi connectivity index (χ1) is 9.75. The highest BCUT2D eigenvalue weighted by atomic mass is 79.9. The summed E-state index contributed by atoms with van der Waals surface area (Å²) < 4.78 is 6.21. The van der Waals surface area contributed by atoms with Gasteiger partial charge in [0.05, 0.1) is 5.56 Å². The lowest BCUT2D eigenvalue weighted by Crippen LogP contribution is -2.08. The smallest absolute Gasteiger partial charge is 0.343 e. The summed E-state index contributed by atoms with van der Waals surface area (Å²) in [6.07, 6.45) is 1.67. The van der Waals surface area contributed by atoms with Crippen molar-refractivity contribution in [2.75, 3.05) is 0 Å². The molecule has 3 rings (SSSR count). The number of hydrogen-bond donors (Lipinski definition) is 0. The number of carbonyl (C=O) groups excluding carboxylic acids is 1. The molecular weight excluding hydrogens is 318 g/mol. The maximum Gasteiger partial charge on any atom is 0.343 e. The van der Waals surface area contributed by atoms with E-state index >= 15 is 0 Å². The highest BCUT2D eigenvalue weighted by molar-refractivity contribution is 9.10. The summed E-state index contributed by atoms with van der Waals surface area (Å²) in [5.41, 5.74) is 0.526. The van der Waals surface area contributed by atoms with Crippen molar-refractivity contribution >= 4 is 32.7 Å². The van der Waals surface area contributed by atoms with Crippen molar-refractivity contribution in [1.29, 1.82) is 0 Å². The molecule has 0 amide bonds. The van der Waals surface area contributed by atoms with Crippen molar-refractivity contribution in [1.82, 2.24) is 4.98 Å². The van der Waals surface area contributed by atoms with E-state index in [0.29, 0.717) is 11.3 Å². The van der Waals surface area contributed by atoms with Crippen LogP contribution in [-0.4, -0.2) is 11.0 Å². The zero-order chi connectivity index (χ0) is 13.9. The van der Waals surface area contributed by atoms with Gasteiger partial charge in [0.2, 0.25) is 0 Å². The molecule has 0 spiro atoms. The molecule has 0 atom stereocenters. The molecule has 0 unspecified atom stereocenters. The van der Waals surface area contributed by atoms with E-state index in [9.17, 15) is 4.79 Å². The second kappa shape index (κ2) is 5.43. The van der Waals surface area contributed by atoms with E-state index < -0.39 is 0 Å². The molecule has 0 saturated carbocycles. The zero-order valence-corrected chi connectivity index (χ0v) is 12.0. The quantitative estimate of drug-likeness (QED) is 0.402. The average Bonchev–Trinajstić information content (AvgIpc) is 2.49. The predicted molar refractivity (Wildman–Crippen MR) is 80.8 cm³/mol. The van der Waals surface area contributed by atoms with Gasteiger partial charge in [-0.2, -0.15) is 0 Å². The van der Waals surface area contributed by atoms with Crippen LogP contribution in [0.2, 0.25) is 0 Å². The summed E-state index contributed by atoms with van der Waals surface area (Å²) in [5.74, 6) is 0.158. The maximum absolute atomic E-state index is 12.1. The summed E-state index contributed by atoms with van der Waals surface area (Å²) in [6.45, 7) is 0. The Bertz CT molecular complexity index is 772. The molecule has 0 aliphatic heterocycles. The molecule has 1 aromatic heterocycles. The molecule has 0 fully saturated rings. The van der Waals surface area contributed by atoms with E-state index in [-0.39, 0.29) is 5.97 Å². The molecule has 3 nitrogen and oxygen atoms in total. The topological polar surface area (TPSA) is 39.2 Å². The number of pyridine rings is 1. The van der Waals surface area contributed by atoms with E-state index in [1.165, 1.54) is 0 Å². The second-order valence-corrected chi connectivity index (χ2v) is 4.96. The number of halogens is 1. The third kappa shape index (κ3) is 2.42. The van der Waals surface area contributed by atoms with Gasteiger partial charge in [0.15, 0.2) is 0 Å². The van der Waals surface area contributed by atoms with Crippen molar-refractivity contribution in [3.8, 4) is 5.75 Å². The van der Waals surface area contributed by atoms with E-state index in [1.807, 2.05) is 24.3 Å². The summed E-state index contributed by atoms with van der Waals surface area (Å²) >= 11 is 3.39. The van der Waals surface area contributed by atoms with Crippen LogP contribution in [0.5, 0.6) is 5.75 Å². The Morgan fingerprint density at radius 3 is 2.55 bits per heavy atom. The van der Waals surface area contributed by atoms with Crippen molar-refractivity contribution in [3.05, 3.63) is 71.0 Å². The van der Waals surface area contributed by atoms with Crippen LogP contribution in [0.25, 0.3) is 10.8 Å². The molecule has 3 aromatic rings. The van der Waals surface area contributed by atoms with Crippen molar-refractivity contribution in [2.24, 2.45) is 0 Å². The van der Waals surface area contributed by atoms with E-state index in [2.05, 4.69) is 20.9 Å². The number of carbonyl (C=O) groups is 1. The lowest BCUT2D eigenvalue weighted by molar-refractivity contribution is 0.0737. The Morgan fingerprint density at radius 2 is 1.75 bits per heavy atom. The number of fused-ring (bicyclic) bond motifs is 1. The molecule has 98 valence electrons. The third-order valence-corrected chi connectivity index (χ3v) is 3.56. The SMILES string of the molecule is O=C(Oc1cccc2c(Br)nccc12)c1ccccc1. The number of ether oxygens (including phenoxy) is 1. The number of rotatable bonds is 2. The van der Waals surface area contributed by atoms with E-state index in [1.54, 1.807) is 36.5 Å². The Labute approximate surface area is 124 Å². The summed E-state index contributed by atoms with van der Waals surface area (Å²) in [7, 11) is 0. The Morgan fingerprint density at radius 1 is 0.950 bits per heavy atom. The largest absolute Gasteiger partial charge is 0.422 e. The lowest BCUT2D eigenvalue weighted by Gasteiger charge is -2.08. The molecular formula is C16H10BrNO2. The molecule has 20 heavy (non-hydrogen) atoms. The number of aromatic nitrogens is 1. The number of esters is 1. The van der Waals surface area contributed by atoms with Gasteiger partial charge in [0.25, 0.3) is 0 Å². The van der Waals surface area contributed by atoms with Gasteiger partial charge in [-0.05, 0) is 40.2 Å². The number of hydrogen-bond acceptors (Lipinski definition) is 3. The Kier molecular flexibility index (Phi) is 3.48. The monoisotopic (exact) mass is 327 g/mol. The number of benzene rings is 2. The molecule has 0 aliphatic rings. The van der Waals surface area contributed by atoms with Crippen LogP contribution >= 0.6 is 15.9 Å². The lowest BCUT2D eigenvalue weighted by atomic mass is 10.1. The first-order valence-electron chi connectivity index (χ1n) is 6.06. The summed E-state index contributed by atoms with van der Waals surface area (Å²) in [5, 5.41) is 1.75. The highest BCUT2D eigenvalue weighted by Crippen LogP contribution is 2.29. The number of nitrogens with zero attached hydrogens (tertiary/aromatic N) is 1. The van der Waals surface area contributed by atoms with Crippen LogP contribution in [0, 0.1) is 0 Å². The van der Waals surface area contributed by atoms with Crippen LogP contribution < -0.4 is 4.74 Å². The molecule has 0 N–H and O–H groups in total. The van der Waals surface area contributed by atoms with Crippen LogP contribution in [0.15, 0.2) is 65.4 Å². The minimum absolute atomic E-state index is 0.369. The average molecular weight is 328 g/mol.